The summed E-state index contributed by atoms with van der Waals surface area (Å²) in [5, 5.41) is 3.38. The molecule has 3 nitrogen and oxygen atoms in total. The topological polar surface area (TPSA) is 24.5 Å². The summed E-state index contributed by atoms with van der Waals surface area (Å²) in [6.07, 6.45) is 6.44. The van der Waals surface area contributed by atoms with Gasteiger partial charge in [-0.15, -0.1) is 0 Å². The Morgan fingerprint density at radius 3 is 2.28 bits per heavy atom. The van der Waals surface area contributed by atoms with Crippen molar-refractivity contribution in [2.75, 3.05) is 39.9 Å². The highest BCUT2D eigenvalue weighted by atomic mass is 16.5. The van der Waals surface area contributed by atoms with Gasteiger partial charge in [0.2, 0.25) is 0 Å². The third kappa shape index (κ3) is 8.90. The number of hydrogen-bond acceptors (Lipinski definition) is 3. The first kappa shape index (κ1) is 17.9. The van der Waals surface area contributed by atoms with Gasteiger partial charge >= 0.3 is 0 Å². The predicted octanol–water partition coefficient (Wildman–Crippen LogP) is 2.90. The van der Waals surface area contributed by atoms with E-state index in [4.69, 9.17) is 4.74 Å². The molecule has 0 heterocycles. The fourth-order valence-electron chi connectivity index (χ4n) is 2.41. The van der Waals surface area contributed by atoms with E-state index in [9.17, 15) is 0 Å². The SMILES string of the molecule is CCNCCCCCN(CCOC)C(CC)CC. The molecule has 0 saturated carbocycles. The highest BCUT2D eigenvalue weighted by molar-refractivity contribution is 4.69. The Hall–Kier alpha value is -0.120. The van der Waals surface area contributed by atoms with Crippen LogP contribution in [0.25, 0.3) is 0 Å². The van der Waals surface area contributed by atoms with Crippen LogP contribution in [-0.4, -0.2) is 50.8 Å². The fourth-order valence-corrected chi connectivity index (χ4v) is 2.41. The molecule has 0 spiro atoms. The lowest BCUT2D eigenvalue weighted by Crippen LogP contribution is -2.37. The minimum atomic E-state index is 0.730. The van der Waals surface area contributed by atoms with Crippen molar-refractivity contribution in [3.05, 3.63) is 0 Å². The van der Waals surface area contributed by atoms with Crippen molar-refractivity contribution < 1.29 is 4.74 Å². The Balaban J connectivity index is 3.78. The van der Waals surface area contributed by atoms with Crippen molar-refractivity contribution in [3.63, 3.8) is 0 Å². The van der Waals surface area contributed by atoms with Crippen molar-refractivity contribution in [1.82, 2.24) is 10.2 Å². The summed E-state index contributed by atoms with van der Waals surface area (Å²) in [6.45, 7) is 12.2. The third-order valence-electron chi connectivity index (χ3n) is 3.59. The Bertz CT molecular complexity index is 161. The van der Waals surface area contributed by atoms with Gasteiger partial charge in [-0.3, -0.25) is 4.90 Å². The molecule has 0 aliphatic heterocycles. The van der Waals surface area contributed by atoms with E-state index >= 15 is 0 Å². The number of methoxy groups -OCH3 is 1. The Kier molecular flexibility index (Phi) is 13.2. The van der Waals surface area contributed by atoms with Crippen LogP contribution in [0.1, 0.15) is 52.9 Å². The molecule has 3 heteroatoms. The van der Waals surface area contributed by atoms with E-state index in [2.05, 4.69) is 31.0 Å². The van der Waals surface area contributed by atoms with E-state index in [-0.39, 0.29) is 0 Å². The first-order chi connectivity index (χ1) is 8.79. The van der Waals surface area contributed by atoms with Gasteiger partial charge in [-0.05, 0) is 45.3 Å². The molecule has 110 valence electrons. The average Bonchev–Trinajstić information content (AvgIpc) is 2.40. The van der Waals surface area contributed by atoms with E-state index < -0.39 is 0 Å². The van der Waals surface area contributed by atoms with Crippen molar-refractivity contribution >= 4 is 0 Å². The van der Waals surface area contributed by atoms with E-state index in [1.54, 1.807) is 7.11 Å². The second-order valence-electron chi connectivity index (χ2n) is 4.91. The Morgan fingerprint density at radius 1 is 1.00 bits per heavy atom. The molecule has 0 unspecified atom stereocenters. The molecular formula is C15H34N2O. The summed E-state index contributed by atoms with van der Waals surface area (Å²) in [7, 11) is 1.79. The fraction of sp³-hybridized carbons (Fsp3) is 1.00. The third-order valence-corrected chi connectivity index (χ3v) is 3.59. The summed E-state index contributed by atoms with van der Waals surface area (Å²) in [5.41, 5.74) is 0. The maximum Gasteiger partial charge on any atom is 0.0589 e. The van der Waals surface area contributed by atoms with Gasteiger partial charge in [-0.1, -0.05) is 27.2 Å². The van der Waals surface area contributed by atoms with E-state index in [1.165, 1.54) is 45.2 Å². The Labute approximate surface area is 114 Å². The maximum atomic E-state index is 5.22. The molecule has 0 rings (SSSR count). The molecule has 0 aromatic rings. The van der Waals surface area contributed by atoms with E-state index in [0.717, 1.165) is 25.7 Å². The number of nitrogens with zero attached hydrogens (tertiary/aromatic N) is 1. The number of hydrogen-bond donors (Lipinski definition) is 1. The van der Waals surface area contributed by atoms with Crippen LogP contribution in [0.3, 0.4) is 0 Å². The highest BCUT2D eigenvalue weighted by Gasteiger charge is 2.13. The largest absolute Gasteiger partial charge is 0.383 e. The van der Waals surface area contributed by atoms with Crippen LogP contribution in [0.2, 0.25) is 0 Å². The van der Waals surface area contributed by atoms with E-state index in [0.29, 0.717) is 0 Å². The summed E-state index contributed by atoms with van der Waals surface area (Å²) in [4.78, 5) is 2.61. The lowest BCUT2D eigenvalue weighted by atomic mass is 10.1. The average molecular weight is 258 g/mol. The molecule has 0 atom stereocenters. The number of nitrogens with one attached hydrogen (secondary N) is 1. The molecule has 18 heavy (non-hydrogen) atoms. The van der Waals surface area contributed by atoms with Gasteiger partial charge < -0.3 is 10.1 Å². The van der Waals surface area contributed by atoms with Crippen LogP contribution in [0.15, 0.2) is 0 Å². The van der Waals surface area contributed by atoms with E-state index in [1.807, 2.05) is 0 Å². The molecule has 0 fully saturated rings. The van der Waals surface area contributed by atoms with Crippen LogP contribution in [-0.2, 0) is 4.74 Å². The van der Waals surface area contributed by atoms with Gasteiger partial charge in [0.05, 0.1) is 6.61 Å². The van der Waals surface area contributed by atoms with Gasteiger partial charge in [-0.25, -0.2) is 0 Å². The van der Waals surface area contributed by atoms with Gasteiger partial charge in [0, 0.05) is 19.7 Å². The van der Waals surface area contributed by atoms with Gasteiger partial charge in [0.1, 0.15) is 0 Å². The molecule has 0 aliphatic rings. The lowest BCUT2D eigenvalue weighted by molar-refractivity contribution is 0.113. The zero-order valence-electron chi connectivity index (χ0n) is 13.0. The normalized spacial score (nSPS) is 11.7. The molecule has 0 saturated heterocycles. The monoisotopic (exact) mass is 258 g/mol. The van der Waals surface area contributed by atoms with Crippen molar-refractivity contribution in [1.29, 1.82) is 0 Å². The number of rotatable bonds is 13. The zero-order valence-corrected chi connectivity index (χ0v) is 13.0. The second kappa shape index (κ2) is 13.3. The van der Waals surface area contributed by atoms with Crippen LogP contribution in [0, 0.1) is 0 Å². The smallest absolute Gasteiger partial charge is 0.0589 e. The van der Waals surface area contributed by atoms with Gasteiger partial charge in [0.15, 0.2) is 0 Å². The lowest BCUT2D eigenvalue weighted by Gasteiger charge is -2.30. The summed E-state index contributed by atoms with van der Waals surface area (Å²) >= 11 is 0. The molecule has 0 radical (unpaired) electrons. The molecule has 0 aliphatic carbocycles. The standard InChI is InChI=1S/C15H34N2O/c1-5-15(6-2)17(13-14-18-4)12-10-8-9-11-16-7-3/h15-16H,5-14H2,1-4H3. The minimum Gasteiger partial charge on any atom is -0.383 e. The first-order valence-corrected chi connectivity index (χ1v) is 7.73. The van der Waals surface area contributed by atoms with Crippen LogP contribution >= 0.6 is 0 Å². The molecule has 0 aromatic carbocycles. The minimum absolute atomic E-state index is 0.730. The quantitative estimate of drug-likeness (QED) is 0.514. The van der Waals surface area contributed by atoms with Crippen molar-refractivity contribution in [2.24, 2.45) is 0 Å². The van der Waals surface area contributed by atoms with Gasteiger partial charge in [0.25, 0.3) is 0 Å². The highest BCUT2D eigenvalue weighted by Crippen LogP contribution is 2.10. The molecular weight excluding hydrogens is 224 g/mol. The Morgan fingerprint density at radius 2 is 1.72 bits per heavy atom. The number of unbranched alkanes of at least 4 members (excludes halogenated alkanes) is 2. The van der Waals surface area contributed by atoms with Crippen molar-refractivity contribution in [3.8, 4) is 0 Å². The van der Waals surface area contributed by atoms with Crippen LogP contribution in [0.4, 0.5) is 0 Å². The summed E-state index contributed by atoms with van der Waals surface area (Å²) in [6, 6.07) is 0.730. The predicted molar refractivity (Wildman–Crippen MR) is 80.2 cm³/mol. The van der Waals surface area contributed by atoms with Gasteiger partial charge in [-0.2, -0.15) is 0 Å². The van der Waals surface area contributed by atoms with Crippen LogP contribution < -0.4 is 5.32 Å². The molecule has 1 N–H and O–H groups in total. The number of ether oxygens (including phenoxy) is 1. The van der Waals surface area contributed by atoms with Crippen LogP contribution in [0.5, 0.6) is 0 Å². The molecule has 0 bridgehead atoms. The first-order valence-electron chi connectivity index (χ1n) is 7.73. The molecule has 0 aromatic heterocycles. The van der Waals surface area contributed by atoms with Crippen molar-refractivity contribution in [2.45, 2.75) is 58.9 Å². The summed E-state index contributed by atoms with van der Waals surface area (Å²) in [5.74, 6) is 0. The second-order valence-corrected chi connectivity index (χ2v) is 4.91. The molecule has 0 amide bonds. The maximum absolute atomic E-state index is 5.22. The zero-order chi connectivity index (χ0) is 13.6. The summed E-state index contributed by atoms with van der Waals surface area (Å²) < 4.78 is 5.22.